The van der Waals surface area contributed by atoms with Crippen LogP contribution in [0.2, 0.25) is 0 Å². The summed E-state index contributed by atoms with van der Waals surface area (Å²) in [5.41, 5.74) is 3.85. The summed E-state index contributed by atoms with van der Waals surface area (Å²) >= 11 is 0. The number of carbonyl (C=O) groups is 1. The molecule has 0 aliphatic heterocycles. The first-order valence-electron chi connectivity index (χ1n) is 6.76. The molecule has 0 heterocycles. The topological polar surface area (TPSA) is 34.1 Å². The lowest BCUT2D eigenvalue weighted by molar-refractivity contribution is 0.107. The number of benzene rings is 2. The second kappa shape index (κ2) is 6.15. The average molecular weight is 297 g/mol. The highest BCUT2D eigenvalue weighted by Crippen LogP contribution is 2.31. The minimum absolute atomic E-state index is 0.311. The minimum atomic E-state index is -2.14. The molecule has 2 aromatic carbocycles. The summed E-state index contributed by atoms with van der Waals surface area (Å²) in [6.45, 7) is 9.47. The number of hydrogen-bond acceptors (Lipinski definition) is 2. The zero-order chi connectivity index (χ0) is 15.6. The summed E-state index contributed by atoms with van der Waals surface area (Å²) in [6.07, 6.45) is 1.63. The zero-order valence-electron chi connectivity index (χ0n) is 12.5. The fourth-order valence-electron chi connectivity index (χ4n) is 2.57. The largest absolute Gasteiger partial charge is 0.281 e. The predicted octanol–water partition coefficient (Wildman–Crippen LogP) is 4.55. The van der Waals surface area contributed by atoms with Gasteiger partial charge in [0.05, 0.1) is 0 Å². The summed E-state index contributed by atoms with van der Waals surface area (Å²) in [7, 11) is -2.14. The van der Waals surface area contributed by atoms with E-state index in [1.807, 2.05) is 45.0 Å². The van der Waals surface area contributed by atoms with Crippen LogP contribution < -0.4 is 5.30 Å². The quantitative estimate of drug-likeness (QED) is 0.776. The number of hydrogen-bond donors (Lipinski definition) is 0. The Morgan fingerprint density at radius 2 is 1.67 bits per heavy atom. The third-order valence-corrected chi connectivity index (χ3v) is 4.89. The van der Waals surface area contributed by atoms with Crippen LogP contribution in [0.25, 0.3) is 6.08 Å². The average Bonchev–Trinajstić information content (AvgIpc) is 2.45. The Labute approximate surface area is 126 Å². The van der Waals surface area contributed by atoms with E-state index in [-0.39, 0.29) is 5.52 Å². The van der Waals surface area contributed by atoms with Gasteiger partial charge in [0.2, 0.25) is 5.52 Å². The van der Waals surface area contributed by atoms with Gasteiger partial charge in [-0.1, -0.05) is 48.6 Å². The van der Waals surface area contributed by atoms with Crippen LogP contribution in [-0.2, 0) is 4.57 Å². The third-order valence-electron chi connectivity index (χ3n) is 3.45. The molecule has 21 heavy (non-hydrogen) atoms. The molecule has 0 amide bonds. The lowest BCUT2D eigenvalue weighted by Gasteiger charge is -2.11. The molecule has 0 N–H and O–H groups in total. The van der Waals surface area contributed by atoms with Crippen LogP contribution in [-0.4, -0.2) is 5.52 Å². The van der Waals surface area contributed by atoms with Gasteiger partial charge in [-0.15, -0.1) is 0 Å². The van der Waals surface area contributed by atoms with E-state index in [9.17, 15) is 9.36 Å². The van der Waals surface area contributed by atoms with E-state index in [2.05, 4.69) is 6.58 Å². The van der Waals surface area contributed by atoms with Gasteiger partial charge in [-0.25, -0.2) is 0 Å². The maximum atomic E-state index is 12.7. The Balaban J connectivity index is 2.50. The minimum Gasteiger partial charge on any atom is -0.281 e. The number of carbonyl (C=O) groups excluding carboxylic acids is 1. The second-order valence-electron chi connectivity index (χ2n) is 5.14. The van der Waals surface area contributed by atoms with E-state index in [1.54, 1.807) is 18.2 Å². The van der Waals surface area contributed by atoms with Crippen molar-refractivity contribution in [2.45, 2.75) is 20.8 Å². The standard InChI is InChI=1S/C18H18O2P/c1-5-15-8-6-7-9-16(15)21(20)18(19)17-13(3)10-12(2)11-14(17)4/h5-11H,1H2,2-4H3. The normalized spacial score (nSPS) is 11.1. The number of rotatable bonds is 4. The first-order valence-corrected chi connectivity index (χ1v) is 8.02. The van der Waals surface area contributed by atoms with Crippen molar-refractivity contribution in [3.05, 3.63) is 70.8 Å². The van der Waals surface area contributed by atoms with Crippen LogP contribution in [0.3, 0.4) is 0 Å². The van der Waals surface area contributed by atoms with Gasteiger partial charge in [-0.2, -0.15) is 0 Å². The van der Waals surface area contributed by atoms with E-state index in [0.29, 0.717) is 10.9 Å². The Kier molecular flexibility index (Phi) is 4.50. The highest BCUT2D eigenvalue weighted by Gasteiger charge is 2.22. The summed E-state index contributed by atoms with van der Waals surface area (Å²) in [6, 6.07) is 11.1. The summed E-state index contributed by atoms with van der Waals surface area (Å²) < 4.78 is 12.7. The molecule has 0 aliphatic carbocycles. The molecule has 0 aliphatic rings. The second-order valence-corrected chi connectivity index (χ2v) is 6.61. The van der Waals surface area contributed by atoms with Crippen molar-refractivity contribution in [3.63, 3.8) is 0 Å². The molecular weight excluding hydrogens is 279 g/mol. The fraction of sp³-hybridized carbons (Fsp3) is 0.167. The van der Waals surface area contributed by atoms with Crippen LogP contribution in [0.4, 0.5) is 0 Å². The van der Waals surface area contributed by atoms with Crippen LogP contribution in [0.15, 0.2) is 43.0 Å². The first-order chi connectivity index (χ1) is 9.95. The molecule has 2 aromatic rings. The SMILES string of the molecule is C=Cc1ccccc1[P](=O)C(=O)c1c(C)cc(C)cc1C. The molecule has 0 saturated carbocycles. The van der Waals surface area contributed by atoms with Crippen LogP contribution in [0.1, 0.15) is 32.6 Å². The summed E-state index contributed by atoms with van der Waals surface area (Å²) in [4.78, 5) is 12.6. The van der Waals surface area contributed by atoms with Crippen LogP contribution in [0, 0.1) is 20.8 Å². The van der Waals surface area contributed by atoms with Gasteiger partial charge in [0.25, 0.3) is 0 Å². The highest BCUT2D eigenvalue weighted by molar-refractivity contribution is 7.71. The Morgan fingerprint density at radius 1 is 1.10 bits per heavy atom. The van der Waals surface area contributed by atoms with Gasteiger partial charge in [0, 0.05) is 10.9 Å². The van der Waals surface area contributed by atoms with Gasteiger partial charge < -0.3 is 0 Å². The van der Waals surface area contributed by atoms with Gasteiger partial charge >= 0.3 is 0 Å². The molecule has 1 atom stereocenters. The van der Waals surface area contributed by atoms with Crippen LogP contribution in [0.5, 0.6) is 0 Å². The lowest BCUT2D eigenvalue weighted by atomic mass is 10.0. The molecule has 2 rings (SSSR count). The zero-order valence-corrected chi connectivity index (χ0v) is 13.4. The predicted molar refractivity (Wildman–Crippen MR) is 88.8 cm³/mol. The van der Waals surface area contributed by atoms with Crippen molar-refractivity contribution in [2.75, 3.05) is 0 Å². The fourth-order valence-corrected chi connectivity index (χ4v) is 3.97. The summed E-state index contributed by atoms with van der Waals surface area (Å²) in [5, 5.41) is 0.548. The molecule has 0 saturated heterocycles. The maximum Gasteiger partial charge on any atom is 0.247 e. The third kappa shape index (κ3) is 3.01. The van der Waals surface area contributed by atoms with Crippen molar-refractivity contribution in [3.8, 4) is 0 Å². The van der Waals surface area contributed by atoms with Crippen molar-refractivity contribution in [2.24, 2.45) is 0 Å². The Morgan fingerprint density at radius 3 is 2.24 bits per heavy atom. The Bertz CT molecular complexity index is 722. The van der Waals surface area contributed by atoms with Crippen molar-refractivity contribution in [1.82, 2.24) is 0 Å². The van der Waals surface area contributed by atoms with Gasteiger partial charge in [-0.3, -0.25) is 9.36 Å². The van der Waals surface area contributed by atoms with E-state index < -0.39 is 7.80 Å². The molecule has 0 spiro atoms. The Hall–Kier alpha value is -2.05. The highest BCUT2D eigenvalue weighted by atomic mass is 31.1. The molecule has 107 valence electrons. The molecule has 3 heteroatoms. The maximum absolute atomic E-state index is 12.7. The van der Waals surface area contributed by atoms with E-state index >= 15 is 0 Å². The molecule has 1 unspecified atom stereocenters. The van der Waals surface area contributed by atoms with E-state index in [4.69, 9.17) is 0 Å². The van der Waals surface area contributed by atoms with Gasteiger partial charge in [0.1, 0.15) is 0 Å². The monoisotopic (exact) mass is 297 g/mol. The van der Waals surface area contributed by atoms with E-state index in [1.165, 1.54) is 0 Å². The summed E-state index contributed by atoms with van der Waals surface area (Å²) in [5.74, 6) is 0. The molecule has 0 fully saturated rings. The molecular formula is C18H18O2P. The van der Waals surface area contributed by atoms with Gasteiger partial charge in [-0.05, 0) is 43.5 Å². The van der Waals surface area contributed by atoms with Crippen molar-refractivity contribution in [1.29, 1.82) is 0 Å². The first kappa shape index (κ1) is 15.3. The molecule has 0 aromatic heterocycles. The van der Waals surface area contributed by atoms with Crippen molar-refractivity contribution < 1.29 is 9.36 Å². The van der Waals surface area contributed by atoms with Crippen LogP contribution >= 0.6 is 7.80 Å². The van der Waals surface area contributed by atoms with Gasteiger partial charge in [0.15, 0.2) is 7.80 Å². The molecule has 0 bridgehead atoms. The lowest BCUT2D eigenvalue weighted by Crippen LogP contribution is -2.09. The smallest absolute Gasteiger partial charge is 0.247 e. The molecule has 2 nitrogen and oxygen atoms in total. The number of aryl methyl sites for hydroxylation is 3. The molecule has 1 radical (unpaired) electrons. The van der Waals surface area contributed by atoms with Crippen molar-refractivity contribution >= 4 is 24.7 Å². The van der Waals surface area contributed by atoms with E-state index in [0.717, 1.165) is 22.3 Å².